The summed E-state index contributed by atoms with van der Waals surface area (Å²) in [5, 5.41) is 7.14. The Hall–Kier alpha value is -3.41. The Balaban J connectivity index is 1.64. The predicted octanol–water partition coefficient (Wildman–Crippen LogP) is 3.65. The maximum Gasteiger partial charge on any atom is 0.342 e. The molecule has 0 radical (unpaired) electrons. The SMILES string of the molecule is Cc1ccc(Cn2nc(C)c(C(=O)OCC(=O)Nc3ccccc3)c2C)cc1. The second-order valence-electron chi connectivity index (χ2n) is 6.68. The summed E-state index contributed by atoms with van der Waals surface area (Å²) in [6.45, 7) is 5.84. The number of nitrogens with one attached hydrogen (secondary N) is 1. The van der Waals surface area contributed by atoms with Gasteiger partial charge in [-0.05, 0) is 38.5 Å². The van der Waals surface area contributed by atoms with Crippen LogP contribution in [0, 0.1) is 20.8 Å². The van der Waals surface area contributed by atoms with Crippen LogP contribution in [0.25, 0.3) is 0 Å². The van der Waals surface area contributed by atoms with Crippen molar-refractivity contribution >= 4 is 17.6 Å². The minimum Gasteiger partial charge on any atom is -0.452 e. The molecule has 0 unspecified atom stereocenters. The normalized spacial score (nSPS) is 10.5. The number of anilines is 1. The summed E-state index contributed by atoms with van der Waals surface area (Å²) in [7, 11) is 0. The molecule has 6 heteroatoms. The minimum absolute atomic E-state index is 0.351. The van der Waals surface area contributed by atoms with Crippen LogP contribution in [0.1, 0.15) is 32.9 Å². The molecule has 1 heterocycles. The second-order valence-corrected chi connectivity index (χ2v) is 6.68. The van der Waals surface area contributed by atoms with E-state index in [1.165, 1.54) is 5.56 Å². The molecule has 1 amide bonds. The number of carbonyl (C=O) groups excluding carboxylic acids is 2. The van der Waals surface area contributed by atoms with E-state index in [9.17, 15) is 9.59 Å². The van der Waals surface area contributed by atoms with E-state index in [2.05, 4.69) is 10.4 Å². The molecule has 0 bridgehead atoms. The first-order chi connectivity index (χ1) is 13.4. The number of hydrogen-bond acceptors (Lipinski definition) is 4. The highest BCUT2D eigenvalue weighted by Crippen LogP contribution is 2.16. The zero-order valence-corrected chi connectivity index (χ0v) is 16.2. The topological polar surface area (TPSA) is 73.2 Å². The van der Waals surface area contributed by atoms with Crippen LogP contribution < -0.4 is 5.32 Å². The fraction of sp³-hybridized carbons (Fsp3) is 0.227. The Morgan fingerprint density at radius 3 is 2.36 bits per heavy atom. The number of carbonyl (C=O) groups is 2. The van der Waals surface area contributed by atoms with Crippen LogP contribution in [-0.2, 0) is 16.1 Å². The lowest BCUT2D eigenvalue weighted by atomic mass is 10.1. The highest BCUT2D eigenvalue weighted by molar-refractivity contribution is 5.96. The van der Waals surface area contributed by atoms with Gasteiger partial charge in [0.1, 0.15) is 5.56 Å². The van der Waals surface area contributed by atoms with Crippen molar-refractivity contribution in [3.8, 4) is 0 Å². The van der Waals surface area contributed by atoms with E-state index in [0.29, 0.717) is 29.2 Å². The van der Waals surface area contributed by atoms with Gasteiger partial charge in [-0.2, -0.15) is 5.10 Å². The van der Waals surface area contributed by atoms with Gasteiger partial charge in [0.15, 0.2) is 6.61 Å². The average Bonchev–Trinajstić information content (AvgIpc) is 2.96. The molecule has 0 aliphatic heterocycles. The molecule has 0 saturated heterocycles. The number of amides is 1. The molecule has 0 aliphatic rings. The lowest BCUT2D eigenvalue weighted by Crippen LogP contribution is -2.21. The Kier molecular flexibility index (Phi) is 5.89. The summed E-state index contributed by atoms with van der Waals surface area (Å²) in [5.41, 5.74) is 4.64. The first-order valence-corrected chi connectivity index (χ1v) is 9.05. The van der Waals surface area contributed by atoms with Gasteiger partial charge in [-0.3, -0.25) is 9.48 Å². The molecule has 0 aliphatic carbocycles. The minimum atomic E-state index is -0.548. The summed E-state index contributed by atoms with van der Waals surface area (Å²) in [4.78, 5) is 24.5. The van der Waals surface area contributed by atoms with Crippen molar-refractivity contribution in [2.45, 2.75) is 27.3 Å². The van der Waals surface area contributed by atoms with Gasteiger partial charge >= 0.3 is 5.97 Å². The zero-order valence-electron chi connectivity index (χ0n) is 16.2. The van der Waals surface area contributed by atoms with Crippen LogP contribution in [0.4, 0.5) is 5.69 Å². The summed E-state index contributed by atoms with van der Waals surface area (Å²) < 4.78 is 6.98. The molecule has 28 heavy (non-hydrogen) atoms. The lowest BCUT2D eigenvalue weighted by Gasteiger charge is -2.08. The van der Waals surface area contributed by atoms with Crippen molar-refractivity contribution in [2.75, 3.05) is 11.9 Å². The maximum atomic E-state index is 12.5. The molecule has 0 spiro atoms. The van der Waals surface area contributed by atoms with E-state index < -0.39 is 5.97 Å². The van der Waals surface area contributed by atoms with E-state index in [1.807, 2.05) is 56.3 Å². The van der Waals surface area contributed by atoms with Crippen molar-refractivity contribution in [1.29, 1.82) is 0 Å². The quantitative estimate of drug-likeness (QED) is 0.666. The van der Waals surface area contributed by atoms with Crippen molar-refractivity contribution in [1.82, 2.24) is 9.78 Å². The Labute approximate surface area is 164 Å². The fourth-order valence-electron chi connectivity index (χ4n) is 2.93. The third-order valence-corrected chi connectivity index (χ3v) is 4.43. The molecular formula is C22H23N3O3. The smallest absolute Gasteiger partial charge is 0.342 e. The van der Waals surface area contributed by atoms with Crippen molar-refractivity contribution in [3.05, 3.63) is 82.7 Å². The van der Waals surface area contributed by atoms with Crippen LogP contribution in [0.5, 0.6) is 0 Å². The number of aryl methyl sites for hydroxylation is 2. The Morgan fingerprint density at radius 2 is 1.68 bits per heavy atom. The van der Waals surface area contributed by atoms with Gasteiger partial charge in [-0.25, -0.2) is 4.79 Å². The Bertz CT molecular complexity index is 976. The molecule has 3 aromatic rings. The highest BCUT2D eigenvalue weighted by Gasteiger charge is 2.21. The number of aromatic nitrogens is 2. The fourth-order valence-corrected chi connectivity index (χ4v) is 2.93. The van der Waals surface area contributed by atoms with Gasteiger partial charge in [0.25, 0.3) is 5.91 Å². The van der Waals surface area contributed by atoms with Gasteiger partial charge in [-0.1, -0.05) is 48.0 Å². The van der Waals surface area contributed by atoms with E-state index in [1.54, 1.807) is 23.7 Å². The molecule has 1 N–H and O–H groups in total. The average molecular weight is 377 g/mol. The third-order valence-electron chi connectivity index (χ3n) is 4.43. The van der Waals surface area contributed by atoms with Gasteiger partial charge in [-0.15, -0.1) is 0 Å². The predicted molar refractivity (Wildman–Crippen MR) is 107 cm³/mol. The van der Waals surface area contributed by atoms with Crippen molar-refractivity contribution in [2.24, 2.45) is 0 Å². The van der Waals surface area contributed by atoms with E-state index in [0.717, 1.165) is 5.56 Å². The van der Waals surface area contributed by atoms with Gasteiger partial charge in [0.05, 0.1) is 17.9 Å². The molecular weight excluding hydrogens is 354 g/mol. The number of nitrogens with zero attached hydrogens (tertiary/aromatic N) is 2. The van der Waals surface area contributed by atoms with Crippen LogP contribution >= 0.6 is 0 Å². The van der Waals surface area contributed by atoms with Crippen molar-refractivity contribution < 1.29 is 14.3 Å². The molecule has 6 nitrogen and oxygen atoms in total. The van der Waals surface area contributed by atoms with Crippen LogP contribution in [0.15, 0.2) is 54.6 Å². The number of benzene rings is 2. The molecule has 0 saturated carbocycles. The third kappa shape index (κ3) is 4.65. The highest BCUT2D eigenvalue weighted by atomic mass is 16.5. The summed E-state index contributed by atoms with van der Waals surface area (Å²) in [6, 6.07) is 17.2. The van der Waals surface area contributed by atoms with E-state index in [-0.39, 0.29) is 12.5 Å². The summed E-state index contributed by atoms with van der Waals surface area (Å²) in [5.74, 6) is -0.935. The molecule has 0 atom stereocenters. The molecule has 3 rings (SSSR count). The van der Waals surface area contributed by atoms with Gasteiger partial charge in [0, 0.05) is 5.69 Å². The first kappa shape index (κ1) is 19.4. The summed E-state index contributed by atoms with van der Waals surface area (Å²) in [6.07, 6.45) is 0. The molecule has 1 aromatic heterocycles. The molecule has 144 valence electrons. The lowest BCUT2D eigenvalue weighted by molar-refractivity contribution is -0.119. The zero-order chi connectivity index (χ0) is 20.1. The molecule has 0 fully saturated rings. The number of rotatable bonds is 6. The number of ether oxygens (including phenoxy) is 1. The summed E-state index contributed by atoms with van der Waals surface area (Å²) >= 11 is 0. The van der Waals surface area contributed by atoms with Crippen LogP contribution in [0.3, 0.4) is 0 Å². The standard InChI is InChI=1S/C22H23N3O3/c1-15-9-11-18(12-10-15)13-25-17(3)21(16(2)24-25)22(27)28-14-20(26)23-19-7-5-4-6-8-19/h4-12H,13-14H2,1-3H3,(H,23,26). The van der Waals surface area contributed by atoms with Crippen molar-refractivity contribution in [3.63, 3.8) is 0 Å². The first-order valence-electron chi connectivity index (χ1n) is 9.05. The van der Waals surface area contributed by atoms with Gasteiger partial charge < -0.3 is 10.1 Å². The van der Waals surface area contributed by atoms with Crippen LogP contribution in [0.2, 0.25) is 0 Å². The maximum absolute atomic E-state index is 12.5. The molecule has 2 aromatic carbocycles. The number of esters is 1. The monoisotopic (exact) mass is 377 g/mol. The number of hydrogen-bond donors (Lipinski definition) is 1. The van der Waals surface area contributed by atoms with E-state index >= 15 is 0 Å². The van der Waals surface area contributed by atoms with E-state index in [4.69, 9.17) is 4.74 Å². The largest absolute Gasteiger partial charge is 0.452 e. The van der Waals surface area contributed by atoms with Gasteiger partial charge in [0.2, 0.25) is 0 Å². The Morgan fingerprint density at radius 1 is 1.00 bits per heavy atom. The second kappa shape index (κ2) is 8.52. The van der Waals surface area contributed by atoms with Crippen LogP contribution in [-0.4, -0.2) is 28.3 Å². The number of para-hydroxylation sites is 1.